The summed E-state index contributed by atoms with van der Waals surface area (Å²) in [6.07, 6.45) is 2.03. The lowest BCUT2D eigenvalue weighted by molar-refractivity contribution is -0.117. The van der Waals surface area contributed by atoms with E-state index in [9.17, 15) is 9.59 Å². The Kier molecular flexibility index (Phi) is 4.14. The highest BCUT2D eigenvalue weighted by Crippen LogP contribution is 2.19. The van der Waals surface area contributed by atoms with Gasteiger partial charge in [-0.15, -0.1) is 0 Å². The van der Waals surface area contributed by atoms with E-state index in [1.165, 1.54) is 4.57 Å². The maximum absolute atomic E-state index is 11.7. The fourth-order valence-corrected chi connectivity index (χ4v) is 1.97. The number of amides is 1. The van der Waals surface area contributed by atoms with E-state index in [-0.39, 0.29) is 16.9 Å². The molecule has 0 saturated heterocycles. The monoisotopic (exact) mass is 300 g/mol. The Morgan fingerprint density at radius 1 is 1.47 bits per heavy atom. The van der Waals surface area contributed by atoms with E-state index in [0.717, 1.165) is 4.47 Å². The van der Waals surface area contributed by atoms with Gasteiger partial charge in [0.2, 0.25) is 5.91 Å². The second kappa shape index (κ2) is 5.04. The van der Waals surface area contributed by atoms with E-state index in [1.54, 1.807) is 19.3 Å². The quantitative estimate of drug-likeness (QED) is 0.912. The van der Waals surface area contributed by atoms with Gasteiger partial charge in [0.1, 0.15) is 5.69 Å². The van der Waals surface area contributed by atoms with Gasteiger partial charge in [-0.2, -0.15) is 0 Å². The maximum Gasteiger partial charge on any atom is 0.274 e. The van der Waals surface area contributed by atoms with Crippen LogP contribution >= 0.6 is 15.9 Å². The minimum Gasteiger partial charge on any atom is -0.321 e. The first-order valence-corrected chi connectivity index (χ1v) is 6.14. The van der Waals surface area contributed by atoms with Gasteiger partial charge in [0.05, 0.1) is 0 Å². The van der Waals surface area contributed by atoms with Gasteiger partial charge in [-0.1, -0.05) is 20.8 Å². The maximum atomic E-state index is 11.7. The molecule has 4 nitrogen and oxygen atoms in total. The Balaban J connectivity index is 2.89. The molecule has 0 fully saturated rings. The molecule has 1 N–H and O–H groups in total. The van der Waals surface area contributed by atoms with Crippen molar-refractivity contribution in [3.8, 4) is 0 Å². The van der Waals surface area contributed by atoms with Gasteiger partial charge in [-0.25, -0.2) is 0 Å². The minimum atomic E-state index is -0.213. The molecule has 1 heterocycles. The van der Waals surface area contributed by atoms with Crippen LogP contribution in [0.5, 0.6) is 0 Å². The first-order chi connectivity index (χ1) is 7.69. The topological polar surface area (TPSA) is 51.1 Å². The molecule has 1 amide bonds. The third-order valence-electron chi connectivity index (χ3n) is 2.11. The highest BCUT2D eigenvalue weighted by atomic mass is 79.9. The van der Waals surface area contributed by atoms with Gasteiger partial charge in [-0.3, -0.25) is 9.59 Å². The van der Waals surface area contributed by atoms with Crippen molar-refractivity contribution in [3.63, 3.8) is 0 Å². The Hall–Kier alpha value is -1.10. The van der Waals surface area contributed by atoms with Crippen molar-refractivity contribution in [2.45, 2.75) is 27.2 Å². The number of carbonyl (C=O) groups excluding carboxylic acids is 1. The molecule has 0 aliphatic carbocycles. The Bertz CT molecular complexity index is 486. The Morgan fingerprint density at radius 2 is 2.06 bits per heavy atom. The first-order valence-electron chi connectivity index (χ1n) is 5.35. The van der Waals surface area contributed by atoms with Crippen molar-refractivity contribution in [1.82, 2.24) is 4.57 Å². The van der Waals surface area contributed by atoms with Crippen LogP contribution in [0.4, 0.5) is 5.69 Å². The molecule has 0 aliphatic rings. The lowest BCUT2D eigenvalue weighted by atomic mass is 9.92. The molecule has 1 aromatic rings. The van der Waals surface area contributed by atoms with Crippen LogP contribution in [0.25, 0.3) is 0 Å². The summed E-state index contributed by atoms with van der Waals surface area (Å²) >= 11 is 3.29. The van der Waals surface area contributed by atoms with Gasteiger partial charge in [0.15, 0.2) is 0 Å². The highest BCUT2D eigenvalue weighted by molar-refractivity contribution is 9.10. The summed E-state index contributed by atoms with van der Waals surface area (Å²) in [4.78, 5) is 23.5. The molecule has 17 heavy (non-hydrogen) atoms. The number of nitrogens with zero attached hydrogens (tertiary/aromatic N) is 1. The van der Waals surface area contributed by atoms with Crippen molar-refractivity contribution in [3.05, 3.63) is 27.1 Å². The average Bonchev–Trinajstić information content (AvgIpc) is 2.10. The van der Waals surface area contributed by atoms with Crippen LogP contribution in [0.3, 0.4) is 0 Å². The van der Waals surface area contributed by atoms with Gasteiger partial charge < -0.3 is 9.88 Å². The summed E-state index contributed by atoms with van der Waals surface area (Å²) in [6.45, 7) is 5.93. The second-order valence-corrected chi connectivity index (χ2v) is 6.19. The molecule has 1 rings (SSSR count). The summed E-state index contributed by atoms with van der Waals surface area (Å²) in [5.74, 6) is -0.146. The molecule has 94 valence electrons. The van der Waals surface area contributed by atoms with Crippen LogP contribution in [-0.4, -0.2) is 10.5 Å². The van der Waals surface area contributed by atoms with Crippen LogP contribution < -0.4 is 10.9 Å². The largest absolute Gasteiger partial charge is 0.321 e. The van der Waals surface area contributed by atoms with Gasteiger partial charge in [-0.05, 0) is 27.4 Å². The standard InChI is InChI=1S/C12H17BrN2O2/c1-12(2,3)6-10(16)14-9-5-8(13)7-15(4)11(9)17/h5,7H,6H2,1-4H3,(H,14,16). The van der Waals surface area contributed by atoms with E-state index in [0.29, 0.717) is 12.1 Å². The molecular weight excluding hydrogens is 284 g/mol. The molecule has 0 radical (unpaired) electrons. The number of hydrogen-bond donors (Lipinski definition) is 1. The van der Waals surface area contributed by atoms with Crippen LogP contribution in [0, 0.1) is 5.41 Å². The number of anilines is 1. The predicted molar refractivity (Wildman–Crippen MR) is 72.1 cm³/mol. The predicted octanol–water partition coefficient (Wildman–Crippen LogP) is 2.52. The summed E-state index contributed by atoms with van der Waals surface area (Å²) in [5.41, 5.74) is -0.00647. The van der Waals surface area contributed by atoms with Gasteiger partial charge in [0, 0.05) is 24.1 Å². The lowest BCUT2D eigenvalue weighted by Gasteiger charge is -2.17. The van der Waals surface area contributed by atoms with Gasteiger partial charge in [0.25, 0.3) is 5.56 Å². The smallest absolute Gasteiger partial charge is 0.274 e. The number of hydrogen-bond acceptors (Lipinski definition) is 2. The van der Waals surface area contributed by atoms with Crippen LogP contribution in [0.1, 0.15) is 27.2 Å². The van der Waals surface area contributed by atoms with Crippen molar-refractivity contribution in [2.24, 2.45) is 12.5 Å². The Morgan fingerprint density at radius 3 is 2.59 bits per heavy atom. The van der Waals surface area contributed by atoms with E-state index >= 15 is 0 Å². The second-order valence-electron chi connectivity index (χ2n) is 5.27. The zero-order valence-electron chi connectivity index (χ0n) is 10.5. The average molecular weight is 301 g/mol. The van der Waals surface area contributed by atoms with Gasteiger partial charge >= 0.3 is 0 Å². The molecule has 0 spiro atoms. The third-order valence-corrected chi connectivity index (χ3v) is 2.55. The van der Waals surface area contributed by atoms with E-state index in [4.69, 9.17) is 0 Å². The molecule has 1 aromatic heterocycles. The molecular formula is C12H17BrN2O2. The SMILES string of the molecule is Cn1cc(Br)cc(NC(=O)CC(C)(C)C)c1=O. The number of rotatable bonds is 2. The van der Waals surface area contributed by atoms with Crippen LogP contribution in [0.15, 0.2) is 21.5 Å². The lowest BCUT2D eigenvalue weighted by Crippen LogP contribution is -2.26. The third kappa shape index (κ3) is 4.34. The summed E-state index contributed by atoms with van der Waals surface area (Å²) in [7, 11) is 1.65. The molecule has 5 heteroatoms. The molecule has 0 aliphatic heterocycles. The number of aryl methyl sites for hydroxylation is 1. The van der Waals surface area contributed by atoms with Crippen molar-refractivity contribution >= 4 is 27.5 Å². The number of halogens is 1. The highest BCUT2D eigenvalue weighted by Gasteiger charge is 2.17. The van der Waals surface area contributed by atoms with Crippen LogP contribution in [0.2, 0.25) is 0 Å². The Labute approximate surface area is 109 Å². The fraction of sp³-hybridized carbons (Fsp3) is 0.500. The number of nitrogens with one attached hydrogen (secondary N) is 1. The number of carbonyl (C=O) groups is 1. The van der Waals surface area contributed by atoms with Crippen molar-refractivity contribution in [1.29, 1.82) is 0 Å². The molecule has 0 saturated carbocycles. The summed E-state index contributed by atoms with van der Waals surface area (Å²) < 4.78 is 2.18. The molecule has 0 atom stereocenters. The molecule has 0 bridgehead atoms. The fourth-order valence-electron chi connectivity index (χ4n) is 1.44. The van der Waals surface area contributed by atoms with Crippen LogP contribution in [-0.2, 0) is 11.8 Å². The first kappa shape index (κ1) is 14.0. The minimum absolute atomic E-state index is 0.0959. The number of aromatic nitrogens is 1. The van der Waals surface area contributed by atoms with E-state index in [2.05, 4.69) is 21.2 Å². The van der Waals surface area contributed by atoms with E-state index in [1.807, 2.05) is 20.8 Å². The zero-order valence-corrected chi connectivity index (χ0v) is 12.1. The summed E-state index contributed by atoms with van der Waals surface area (Å²) in [6, 6.07) is 1.61. The molecule has 0 unspecified atom stereocenters. The normalized spacial score (nSPS) is 11.4. The zero-order chi connectivity index (χ0) is 13.2. The van der Waals surface area contributed by atoms with E-state index < -0.39 is 0 Å². The summed E-state index contributed by atoms with van der Waals surface area (Å²) in [5, 5.41) is 2.65. The number of pyridine rings is 1. The van der Waals surface area contributed by atoms with Crippen molar-refractivity contribution < 1.29 is 4.79 Å². The molecule has 0 aromatic carbocycles. The van der Waals surface area contributed by atoms with Crippen molar-refractivity contribution in [2.75, 3.05) is 5.32 Å².